The minimum absolute atomic E-state index is 0.121. The average molecular weight is 279 g/mol. The van der Waals surface area contributed by atoms with Crippen LogP contribution in [-0.4, -0.2) is 49.8 Å². The summed E-state index contributed by atoms with van der Waals surface area (Å²) < 4.78 is 5.32. The molecule has 1 aliphatic rings. The summed E-state index contributed by atoms with van der Waals surface area (Å²) in [5.41, 5.74) is 7.02. The van der Waals surface area contributed by atoms with Crippen molar-refractivity contribution in [1.29, 1.82) is 0 Å². The third kappa shape index (κ3) is 2.67. The first kappa shape index (κ1) is 14.1. The fourth-order valence-corrected chi connectivity index (χ4v) is 2.22. The fourth-order valence-electron chi connectivity index (χ4n) is 2.22. The lowest BCUT2D eigenvalue weighted by molar-refractivity contribution is -0.124. The Morgan fingerprint density at radius 1 is 1.50 bits per heavy atom. The highest BCUT2D eigenvalue weighted by Crippen LogP contribution is 2.27. The van der Waals surface area contributed by atoms with Gasteiger partial charge in [0, 0.05) is 13.6 Å². The molecule has 1 amide bonds. The molecule has 1 fully saturated rings. The Hall–Kier alpha value is -2.28. The molecule has 0 radical (unpaired) electrons. The van der Waals surface area contributed by atoms with Crippen LogP contribution in [0.25, 0.3) is 0 Å². The van der Waals surface area contributed by atoms with E-state index in [0.717, 1.165) is 0 Å². The summed E-state index contributed by atoms with van der Waals surface area (Å²) in [7, 11) is 1.56. The number of hydrogen-bond donors (Lipinski definition) is 3. The van der Waals surface area contributed by atoms with E-state index in [9.17, 15) is 9.59 Å². The number of nitrogens with one attached hydrogen (secondary N) is 1. The molecule has 1 atom stereocenters. The number of morpholine rings is 1. The lowest BCUT2D eigenvalue weighted by Gasteiger charge is -2.36. The van der Waals surface area contributed by atoms with E-state index in [1.807, 2.05) is 4.90 Å². The average Bonchev–Trinajstić information content (AvgIpc) is 2.46. The van der Waals surface area contributed by atoms with Crippen molar-refractivity contribution in [1.82, 2.24) is 5.32 Å². The Bertz CT molecular complexity index is 532. The maximum absolute atomic E-state index is 11.9. The number of amides is 1. The van der Waals surface area contributed by atoms with Gasteiger partial charge in [0.2, 0.25) is 5.91 Å². The van der Waals surface area contributed by atoms with Crippen molar-refractivity contribution >= 4 is 23.3 Å². The third-order valence-electron chi connectivity index (χ3n) is 3.26. The van der Waals surface area contributed by atoms with Crippen LogP contribution in [0.1, 0.15) is 10.4 Å². The number of nitrogens with two attached hydrogens (primary N) is 1. The first-order valence-corrected chi connectivity index (χ1v) is 6.23. The van der Waals surface area contributed by atoms with Gasteiger partial charge in [0.25, 0.3) is 0 Å². The van der Waals surface area contributed by atoms with Crippen molar-refractivity contribution in [3.05, 3.63) is 23.8 Å². The van der Waals surface area contributed by atoms with E-state index in [1.165, 1.54) is 12.1 Å². The SMILES string of the molecule is CNC(=O)C1COCCN1c1ccc(C(=O)O)cc1N. The molecule has 1 saturated heterocycles. The second-order valence-corrected chi connectivity index (χ2v) is 4.48. The molecule has 0 aliphatic carbocycles. The molecule has 2 rings (SSSR count). The molecule has 0 saturated carbocycles. The zero-order valence-electron chi connectivity index (χ0n) is 11.1. The van der Waals surface area contributed by atoms with Gasteiger partial charge in [0.15, 0.2) is 0 Å². The van der Waals surface area contributed by atoms with Crippen LogP contribution in [0.2, 0.25) is 0 Å². The number of benzene rings is 1. The lowest BCUT2D eigenvalue weighted by Crippen LogP contribution is -2.53. The van der Waals surface area contributed by atoms with Gasteiger partial charge in [-0.3, -0.25) is 4.79 Å². The number of anilines is 2. The van der Waals surface area contributed by atoms with Crippen LogP contribution in [0.4, 0.5) is 11.4 Å². The molecule has 7 heteroatoms. The third-order valence-corrected chi connectivity index (χ3v) is 3.26. The van der Waals surface area contributed by atoms with E-state index >= 15 is 0 Å². The lowest BCUT2D eigenvalue weighted by atomic mass is 10.1. The van der Waals surface area contributed by atoms with Gasteiger partial charge in [-0.2, -0.15) is 0 Å². The number of rotatable bonds is 3. The number of nitrogens with zero attached hydrogens (tertiary/aromatic N) is 1. The van der Waals surface area contributed by atoms with E-state index in [0.29, 0.717) is 24.5 Å². The number of carbonyl (C=O) groups is 2. The van der Waals surface area contributed by atoms with E-state index < -0.39 is 12.0 Å². The summed E-state index contributed by atoms with van der Waals surface area (Å²) in [5.74, 6) is -1.19. The number of aromatic carboxylic acids is 1. The Kier molecular flexibility index (Phi) is 4.09. The zero-order chi connectivity index (χ0) is 14.7. The van der Waals surface area contributed by atoms with Crippen LogP contribution < -0.4 is 16.0 Å². The van der Waals surface area contributed by atoms with Gasteiger partial charge in [0.1, 0.15) is 6.04 Å². The first-order chi connectivity index (χ1) is 9.54. The summed E-state index contributed by atoms with van der Waals surface area (Å²) in [6.07, 6.45) is 0. The molecule has 7 nitrogen and oxygen atoms in total. The first-order valence-electron chi connectivity index (χ1n) is 6.23. The quantitative estimate of drug-likeness (QED) is 0.668. The summed E-state index contributed by atoms with van der Waals surface area (Å²) in [4.78, 5) is 24.6. The van der Waals surface area contributed by atoms with E-state index in [2.05, 4.69) is 5.32 Å². The minimum atomic E-state index is -1.03. The largest absolute Gasteiger partial charge is 0.478 e. The highest BCUT2D eigenvalue weighted by atomic mass is 16.5. The van der Waals surface area contributed by atoms with Crippen LogP contribution in [0.3, 0.4) is 0 Å². The van der Waals surface area contributed by atoms with Gasteiger partial charge >= 0.3 is 5.97 Å². The number of nitrogen functional groups attached to an aromatic ring is 1. The van der Waals surface area contributed by atoms with Crippen LogP contribution in [0, 0.1) is 0 Å². The summed E-state index contributed by atoms with van der Waals surface area (Å²) in [6, 6.07) is 4.03. The maximum atomic E-state index is 11.9. The number of carboxylic acid groups (broad SMARTS) is 1. The van der Waals surface area contributed by atoms with Crippen molar-refractivity contribution in [2.45, 2.75) is 6.04 Å². The van der Waals surface area contributed by atoms with Crippen molar-refractivity contribution < 1.29 is 19.4 Å². The number of hydrogen-bond acceptors (Lipinski definition) is 5. The summed E-state index contributed by atoms with van der Waals surface area (Å²) >= 11 is 0. The molecule has 1 aromatic rings. The number of carbonyl (C=O) groups excluding carboxylic acids is 1. The standard InChI is InChI=1S/C13H17N3O4/c1-15-12(17)11-7-20-5-4-16(11)10-3-2-8(13(18)19)6-9(10)14/h2-3,6,11H,4-5,7,14H2,1H3,(H,15,17)(H,18,19). The number of carboxylic acids is 1. The second-order valence-electron chi connectivity index (χ2n) is 4.48. The van der Waals surface area contributed by atoms with Gasteiger partial charge < -0.3 is 25.8 Å². The fraction of sp³-hybridized carbons (Fsp3) is 0.385. The molecule has 0 bridgehead atoms. The number of likely N-dealkylation sites (N-methyl/N-ethyl adjacent to an activating group) is 1. The van der Waals surface area contributed by atoms with Crippen molar-refractivity contribution in [2.24, 2.45) is 0 Å². The van der Waals surface area contributed by atoms with Crippen LogP contribution in [-0.2, 0) is 9.53 Å². The molecule has 20 heavy (non-hydrogen) atoms. The van der Waals surface area contributed by atoms with Gasteiger partial charge in [-0.15, -0.1) is 0 Å². The smallest absolute Gasteiger partial charge is 0.335 e. The maximum Gasteiger partial charge on any atom is 0.335 e. The monoisotopic (exact) mass is 279 g/mol. The molecule has 1 aromatic carbocycles. The van der Waals surface area contributed by atoms with E-state index in [4.69, 9.17) is 15.6 Å². The van der Waals surface area contributed by atoms with E-state index in [1.54, 1.807) is 13.1 Å². The summed E-state index contributed by atoms with van der Waals surface area (Å²) in [6.45, 7) is 1.29. The normalized spacial score (nSPS) is 18.6. The van der Waals surface area contributed by atoms with Gasteiger partial charge in [0.05, 0.1) is 30.2 Å². The second kappa shape index (κ2) is 5.79. The predicted molar refractivity (Wildman–Crippen MR) is 73.8 cm³/mol. The zero-order valence-corrected chi connectivity index (χ0v) is 11.1. The van der Waals surface area contributed by atoms with Crippen LogP contribution in [0.5, 0.6) is 0 Å². The van der Waals surface area contributed by atoms with Crippen molar-refractivity contribution in [3.63, 3.8) is 0 Å². The van der Waals surface area contributed by atoms with Crippen molar-refractivity contribution in [2.75, 3.05) is 37.4 Å². The Labute approximate surface area is 116 Å². The molecule has 1 aliphatic heterocycles. The van der Waals surface area contributed by atoms with Gasteiger partial charge in [-0.1, -0.05) is 0 Å². The molecule has 1 heterocycles. The van der Waals surface area contributed by atoms with Crippen LogP contribution in [0.15, 0.2) is 18.2 Å². The highest BCUT2D eigenvalue weighted by molar-refractivity contribution is 5.92. The predicted octanol–water partition coefficient (Wildman–Crippen LogP) is -0.0818. The molecule has 108 valence electrons. The molecule has 0 spiro atoms. The molecule has 0 aromatic heterocycles. The van der Waals surface area contributed by atoms with Gasteiger partial charge in [-0.05, 0) is 18.2 Å². The Morgan fingerprint density at radius 2 is 2.25 bits per heavy atom. The van der Waals surface area contributed by atoms with Crippen LogP contribution >= 0.6 is 0 Å². The van der Waals surface area contributed by atoms with Gasteiger partial charge in [-0.25, -0.2) is 4.79 Å². The molecule has 1 unspecified atom stereocenters. The van der Waals surface area contributed by atoms with E-state index in [-0.39, 0.29) is 18.1 Å². The van der Waals surface area contributed by atoms with Crippen molar-refractivity contribution in [3.8, 4) is 0 Å². The molecule has 4 N–H and O–H groups in total. The highest BCUT2D eigenvalue weighted by Gasteiger charge is 2.30. The summed E-state index contributed by atoms with van der Waals surface area (Å²) in [5, 5.41) is 11.5. The Balaban J connectivity index is 2.32. The molecular formula is C13H17N3O4. The number of ether oxygens (including phenoxy) is 1. The minimum Gasteiger partial charge on any atom is -0.478 e. The molecular weight excluding hydrogens is 262 g/mol. The topological polar surface area (TPSA) is 105 Å². The Morgan fingerprint density at radius 3 is 2.85 bits per heavy atom.